The van der Waals surface area contributed by atoms with Gasteiger partial charge in [0.15, 0.2) is 0 Å². The highest BCUT2D eigenvalue weighted by Gasteiger charge is 2.58. The molecule has 0 aromatic heterocycles. The van der Waals surface area contributed by atoms with Crippen LogP contribution in [0.3, 0.4) is 0 Å². The number of rotatable bonds is 3. The molecule has 1 N–H and O–H groups in total. The third kappa shape index (κ3) is 1.15. The molecule has 0 unspecified atom stereocenters. The van der Waals surface area contributed by atoms with Crippen molar-refractivity contribution < 1.29 is 9.90 Å². The Kier molecular flexibility index (Phi) is 1.95. The van der Waals surface area contributed by atoms with Gasteiger partial charge in [-0.2, -0.15) is 0 Å². The van der Waals surface area contributed by atoms with Crippen molar-refractivity contribution in [2.45, 2.75) is 33.6 Å². The van der Waals surface area contributed by atoms with Gasteiger partial charge in [-0.15, -0.1) is 0 Å². The van der Waals surface area contributed by atoms with Crippen LogP contribution in [0.5, 0.6) is 0 Å². The average Bonchev–Trinajstić information content (AvgIpc) is 2.62. The zero-order chi connectivity index (χ0) is 8.65. The summed E-state index contributed by atoms with van der Waals surface area (Å²) in [5.41, 5.74) is 0.131. The molecule has 0 spiro atoms. The van der Waals surface area contributed by atoms with Crippen LogP contribution in [-0.4, -0.2) is 11.1 Å². The predicted octanol–water partition coefficient (Wildman–Crippen LogP) is 2.14. The second-order valence-corrected chi connectivity index (χ2v) is 3.84. The molecule has 1 fully saturated rings. The van der Waals surface area contributed by atoms with E-state index in [1.54, 1.807) is 0 Å². The molecule has 1 aliphatic rings. The molecule has 0 saturated heterocycles. The Morgan fingerprint density at radius 1 is 1.73 bits per heavy atom. The third-order valence-corrected chi connectivity index (χ3v) is 3.22. The molecule has 0 aliphatic heterocycles. The van der Waals surface area contributed by atoms with Crippen molar-refractivity contribution in [3.8, 4) is 0 Å². The number of carboxylic acid groups (broad SMARTS) is 1. The van der Waals surface area contributed by atoms with Crippen LogP contribution in [-0.2, 0) is 4.79 Å². The summed E-state index contributed by atoms with van der Waals surface area (Å²) in [6, 6.07) is 0. The van der Waals surface area contributed by atoms with Crippen LogP contribution >= 0.6 is 0 Å². The number of carbonyl (C=O) groups is 1. The Bertz CT molecular complexity index is 174. The predicted molar refractivity (Wildman–Crippen MR) is 43.3 cm³/mol. The first-order chi connectivity index (χ1) is 5.04. The lowest BCUT2D eigenvalue weighted by Gasteiger charge is -2.17. The first-order valence-electron chi connectivity index (χ1n) is 4.27. The second-order valence-electron chi connectivity index (χ2n) is 3.84. The molecule has 1 saturated carbocycles. The van der Waals surface area contributed by atoms with Gasteiger partial charge >= 0.3 is 5.97 Å². The van der Waals surface area contributed by atoms with Gasteiger partial charge < -0.3 is 5.11 Å². The largest absolute Gasteiger partial charge is 0.481 e. The lowest BCUT2D eigenvalue weighted by molar-refractivity contribution is -0.139. The first-order valence-corrected chi connectivity index (χ1v) is 4.27. The maximum atomic E-state index is 10.6. The van der Waals surface area contributed by atoms with Gasteiger partial charge in [0.2, 0.25) is 0 Å². The maximum absolute atomic E-state index is 10.6. The van der Waals surface area contributed by atoms with Crippen LogP contribution in [0.4, 0.5) is 0 Å². The van der Waals surface area contributed by atoms with E-state index in [1.807, 2.05) is 0 Å². The summed E-state index contributed by atoms with van der Waals surface area (Å²) in [6.07, 6.45) is 1.89. The van der Waals surface area contributed by atoms with E-state index in [9.17, 15) is 4.79 Å². The van der Waals surface area contributed by atoms with Gasteiger partial charge in [0.05, 0.1) is 5.92 Å². The molecule has 0 aromatic carbocycles. The second kappa shape index (κ2) is 2.50. The van der Waals surface area contributed by atoms with Crippen LogP contribution in [0.1, 0.15) is 33.6 Å². The minimum absolute atomic E-state index is 0.0625. The molecule has 1 aliphatic carbocycles. The summed E-state index contributed by atoms with van der Waals surface area (Å²) in [6.45, 7) is 6.32. The quantitative estimate of drug-likeness (QED) is 0.679. The van der Waals surface area contributed by atoms with Gasteiger partial charge in [0.1, 0.15) is 0 Å². The summed E-state index contributed by atoms with van der Waals surface area (Å²) in [4.78, 5) is 10.6. The van der Waals surface area contributed by atoms with E-state index in [0.717, 1.165) is 12.8 Å². The Hall–Kier alpha value is -0.530. The SMILES string of the molecule is CC[C@@]1(C(C)C)C[C@@H]1C(=O)O. The minimum atomic E-state index is -0.611. The minimum Gasteiger partial charge on any atom is -0.481 e. The molecule has 2 nitrogen and oxygen atoms in total. The van der Waals surface area contributed by atoms with E-state index in [1.165, 1.54) is 0 Å². The van der Waals surface area contributed by atoms with E-state index >= 15 is 0 Å². The lowest BCUT2D eigenvalue weighted by atomic mass is 9.87. The smallest absolute Gasteiger partial charge is 0.307 e. The molecule has 64 valence electrons. The summed E-state index contributed by atoms with van der Waals surface area (Å²) in [7, 11) is 0. The van der Waals surface area contributed by atoms with Crippen molar-refractivity contribution in [1.82, 2.24) is 0 Å². The fourth-order valence-corrected chi connectivity index (χ4v) is 2.09. The summed E-state index contributed by atoms with van der Waals surface area (Å²) in [5, 5.41) is 8.77. The van der Waals surface area contributed by atoms with Gasteiger partial charge in [0.25, 0.3) is 0 Å². The lowest BCUT2D eigenvalue weighted by Crippen LogP contribution is -2.15. The van der Waals surface area contributed by atoms with Gasteiger partial charge in [0, 0.05) is 0 Å². The van der Waals surface area contributed by atoms with Crippen LogP contribution in [0.15, 0.2) is 0 Å². The van der Waals surface area contributed by atoms with Crippen molar-refractivity contribution >= 4 is 5.97 Å². The molecule has 0 heterocycles. The molecule has 0 aromatic rings. The summed E-state index contributed by atoms with van der Waals surface area (Å²) in [5.74, 6) is -0.165. The third-order valence-electron chi connectivity index (χ3n) is 3.22. The Morgan fingerprint density at radius 2 is 2.27 bits per heavy atom. The van der Waals surface area contributed by atoms with E-state index in [4.69, 9.17) is 5.11 Å². The summed E-state index contributed by atoms with van der Waals surface area (Å²) < 4.78 is 0. The molecule has 1 rings (SSSR count). The highest BCUT2D eigenvalue weighted by atomic mass is 16.4. The number of hydrogen-bond acceptors (Lipinski definition) is 1. The first kappa shape index (κ1) is 8.57. The molecule has 11 heavy (non-hydrogen) atoms. The highest BCUT2D eigenvalue weighted by molar-refractivity contribution is 5.74. The van der Waals surface area contributed by atoms with Crippen molar-refractivity contribution in [2.75, 3.05) is 0 Å². The standard InChI is InChI=1S/C9H16O2/c1-4-9(6(2)3)5-7(9)8(10)11/h6-7H,4-5H2,1-3H3,(H,10,11)/t7-,9+/m1/s1. The molecule has 0 radical (unpaired) electrons. The van der Waals surface area contributed by atoms with E-state index in [-0.39, 0.29) is 11.3 Å². The van der Waals surface area contributed by atoms with Gasteiger partial charge in [-0.05, 0) is 24.2 Å². The Labute approximate surface area is 67.6 Å². The van der Waals surface area contributed by atoms with Crippen LogP contribution in [0.25, 0.3) is 0 Å². The van der Waals surface area contributed by atoms with Crippen LogP contribution in [0, 0.1) is 17.3 Å². The van der Waals surface area contributed by atoms with Crippen LogP contribution < -0.4 is 0 Å². The molecule has 0 bridgehead atoms. The topological polar surface area (TPSA) is 37.3 Å². The number of aliphatic carboxylic acids is 1. The molecule has 0 amide bonds. The van der Waals surface area contributed by atoms with Crippen LogP contribution in [0.2, 0.25) is 0 Å². The number of carboxylic acids is 1. The average molecular weight is 156 g/mol. The monoisotopic (exact) mass is 156 g/mol. The normalized spacial score (nSPS) is 35.8. The van der Waals surface area contributed by atoms with Crippen molar-refractivity contribution in [3.63, 3.8) is 0 Å². The van der Waals surface area contributed by atoms with Gasteiger partial charge in [-0.3, -0.25) is 4.79 Å². The van der Waals surface area contributed by atoms with E-state index in [0.29, 0.717) is 5.92 Å². The van der Waals surface area contributed by atoms with Gasteiger partial charge in [-0.25, -0.2) is 0 Å². The van der Waals surface area contributed by atoms with Crippen molar-refractivity contribution in [2.24, 2.45) is 17.3 Å². The summed E-state index contributed by atoms with van der Waals surface area (Å²) >= 11 is 0. The number of hydrogen-bond donors (Lipinski definition) is 1. The zero-order valence-corrected chi connectivity index (χ0v) is 7.42. The maximum Gasteiger partial charge on any atom is 0.307 e. The molecular formula is C9H16O2. The Balaban J connectivity index is 2.64. The van der Waals surface area contributed by atoms with E-state index < -0.39 is 5.97 Å². The highest BCUT2D eigenvalue weighted by Crippen LogP contribution is 2.60. The molecular weight excluding hydrogens is 140 g/mol. The van der Waals surface area contributed by atoms with Crippen molar-refractivity contribution in [3.05, 3.63) is 0 Å². The fraction of sp³-hybridized carbons (Fsp3) is 0.889. The Morgan fingerprint density at radius 3 is 2.36 bits per heavy atom. The molecule has 2 heteroatoms. The molecule has 2 atom stereocenters. The zero-order valence-electron chi connectivity index (χ0n) is 7.42. The van der Waals surface area contributed by atoms with Gasteiger partial charge in [-0.1, -0.05) is 20.8 Å². The van der Waals surface area contributed by atoms with E-state index in [2.05, 4.69) is 20.8 Å². The van der Waals surface area contributed by atoms with Crippen molar-refractivity contribution in [1.29, 1.82) is 0 Å². The fourth-order valence-electron chi connectivity index (χ4n) is 2.09.